The van der Waals surface area contributed by atoms with Gasteiger partial charge in [-0.05, 0) is 32.2 Å². The fourth-order valence-electron chi connectivity index (χ4n) is 2.26. The molecule has 0 unspecified atom stereocenters. The highest BCUT2D eigenvalue weighted by atomic mass is 32.2. The van der Waals surface area contributed by atoms with E-state index in [1.54, 1.807) is 12.3 Å². The monoisotopic (exact) mass is 339 g/mol. The predicted molar refractivity (Wildman–Crippen MR) is 96.9 cm³/mol. The van der Waals surface area contributed by atoms with E-state index < -0.39 is 0 Å². The van der Waals surface area contributed by atoms with Gasteiger partial charge in [0.1, 0.15) is 0 Å². The van der Waals surface area contributed by atoms with Crippen molar-refractivity contribution in [2.75, 3.05) is 6.26 Å². The van der Waals surface area contributed by atoms with Crippen molar-refractivity contribution in [1.82, 2.24) is 19.7 Å². The number of aromatic amines is 1. The Hall–Kier alpha value is -2.67. The molecule has 0 fully saturated rings. The van der Waals surface area contributed by atoms with Crippen molar-refractivity contribution in [3.63, 3.8) is 0 Å². The highest BCUT2D eigenvalue weighted by Crippen LogP contribution is 2.13. The number of H-pyrrole nitrogens is 1. The molecular formula is C17H17N5OS. The first-order valence-corrected chi connectivity index (χ1v) is 8.62. The molecule has 0 radical (unpaired) electrons. The summed E-state index contributed by atoms with van der Waals surface area (Å²) in [6, 6.07) is 11.3. The minimum atomic E-state index is -0.183. The Morgan fingerprint density at radius 1 is 1.21 bits per heavy atom. The van der Waals surface area contributed by atoms with Crippen LogP contribution in [0, 0.1) is 13.8 Å². The minimum absolute atomic E-state index is 0.183. The van der Waals surface area contributed by atoms with Gasteiger partial charge in [-0.25, -0.2) is 14.6 Å². The summed E-state index contributed by atoms with van der Waals surface area (Å²) in [5.74, 6) is 0.527. The summed E-state index contributed by atoms with van der Waals surface area (Å²) in [6.45, 7) is 3.72. The van der Waals surface area contributed by atoms with Crippen LogP contribution >= 0.6 is 11.8 Å². The molecule has 1 N–H and O–H groups in total. The lowest BCUT2D eigenvalue weighted by molar-refractivity contribution is 0.771. The number of hydrogen-bond acceptors (Lipinski definition) is 5. The second kappa shape index (κ2) is 6.84. The molecule has 2 heterocycles. The Labute approximate surface area is 143 Å². The van der Waals surface area contributed by atoms with Gasteiger partial charge in [-0.2, -0.15) is 0 Å². The maximum Gasteiger partial charge on any atom is 0.281 e. The SMILES string of the molecule is CSc1nc(C)cc(-n2[nH]c(C)c(C=Nc3ccccc3)c2=O)n1. The molecule has 7 heteroatoms. The molecule has 0 aliphatic heterocycles. The summed E-state index contributed by atoms with van der Waals surface area (Å²) >= 11 is 1.44. The predicted octanol–water partition coefficient (Wildman–Crippen LogP) is 3.04. The molecule has 0 aliphatic carbocycles. The van der Waals surface area contributed by atoms with E-state index in [-0.39, 0.29) is 5.56 Å². The van der Waals surface area contributed by atoms with Crippen LogP contribution in [0.15, 0.2) is 51.3 Å². The van der Waals surface area contributed by atoms with E-state index in [0.29, 0.717) is 16.5 Å². The number of thioether (sulfide) groups is 1. The van der Waals surface area contributed by atoms with Crippen LogP contribution in [0.3, 0.4) is 0 Å². The van der Waals surface area contributed by atoms with Gasteiger partial charge in [0.25, 0.3) is 5.56 Å². The first-order chi connectivity index (χ1) is 11.6. The number of aromatic nitrogens is 4. The number of aryl methyl sites for hydroxylation is 2. The Kier molecular flexibility index (Phi) is 4.61. The topological polar surface area (TPSA) is 75.9 Å². The lowest BCUT2D eigenvalue weighted by Crippen LogP contribution is -2.19. The maximum atomic E-state index is 12.7. The first-order valence-electron chi connectivity index (χ1n) is 7.39. The van der Waals surface area contributed by atoms with Crippen molar-refractivity contribution >= 4 is 23.7 Å². The Morgan fingerprint density at radius 3 is 2.67 bits per heavy atom. The zero-order chi connectivity index (χ0) is 17.1. The average Bonchev–Trinajstić information content (AvgIpc) is 2.87. The largest absolute Gasteiger partial charge is 0.293 e. The zero-order valence-corrected chi connectivity index (χ0v) is 14.5. The van der Waals surface area contributed by atoms with Gasteiger partial charge in [-0.15, -0.1) is 0 Å². The van der Waals surface area contributed by atoms with E-state index >= 15 is 0 Å². The molecule has 2 aromatic heterocycles. The van der Waals surface area contributed by atoms with Crippen LogP contribution in [-0.4, -0.2) is 32.2 Å². The summed E-state index contributed by atoms with van der Waals surface area (Å²) in [5, 5.41) is 3.69. The number of aliphatic imine (C=N–C) groups is 1. The second-order valence-electron chi connectivity index (χ2n) is 5.24. The van der Waals surface area contributed by atoms with Crippen LogP contribution in [0.2, 0.25) is 0 Å². The summed E-state index contributed by atoms with van der Waals surface area (Å²) in [5.41, 5.74) is 2.68. The van der Waals surface area contributed by atoms with Gasteiger partial charge < -0.3 is 0 Å². The van der Waals surface area contributed by atoms with Crippen LogP contribution in [0.1, 0.15) is 17.0 Å². The Bertz CT molecular complexity index is 943. The summed E-state index contributed by atoms with van der Waals surface area (Å²) < 4.78 is 1.43. The lowest BCUT2D eigenvalue weighted by atomic mass is 10.3. The zero-order valence-electron chi connectivity index (χ0n) is 13.6. The molecule has 0 amide bonds. The van der Waals surface area contributed by atoms with Gasteiger partial charge in [0, 0.05) is 23.7 Å². The second-order valence-corrected chi connectivity index (χ2v) is 6.01. The summed E-state index contributed by atoms with van der Waals surface area (Å²) in [6.07, 6.45) is 3.49. The maximum absolute atomic E-state index is 12.7. The van der Waals surface area contributed by atoms with Crippen molar-refractivity contribution in [2.24, 2.45) is 4.99 Å². The molecule has 0 bridgehead atoms. The third-order valence-electron chi connectivity index (χ3n) is 3.45. The van der Waals surface area contributed by atoms with E-state index in [1.165, 1.54) is 16.4 Å². The Balaban J connectivity index is 2.03. The van der Waals surface area contributed by atoms with Crippen molar-refractivity contribution in [3.05, 3.63) is 63.7 Å². The van der Waals surface area contributed by atoms with Gasteiger partial charge >= 0.3 is 0 Å². The van der Waals surface area contributed by atoms with E-state index in [0.717, 1.165) is 17.1 Å². The molecule has 0 saturated carbocycles. The fourth-order valence-corrected chi connectivity index (χ4v) is 2.68. The van der Waals surface area contributed by atoms with Crippen molar-refractivity contribution in [1.29, 1.82) is 0 Å². The molecule has 0 aliphatic rings. The Morgan fingerprint density at radius 2 is 1.96 bits per heavy atom. The number of rotatable bonds is 4. The minimum Gasteiger partial charge on any atom is -0.293 e. The summed E-state index contributed by atoms with van der Waals surface area (Å²) in [4.78, 5) is 25.8. The van der Waals surface area contributed by atoms with E-state index in [9.17, 15) is 4.79 Å². The summed E-state index contributed by atoms with van der Waals surface area (Å²) in [7, 11) is 0. The van der Waals surface area contributed by atoms with Crippen LogP contribution in [0.4, 0.5) is 5.69 Å². The van der Waals surface area contributed by atoms with Crippen molar-refractivity contribution in [3.8, 4) is 5.82 Å². The van der Waals surface area contributed by atoms with Crippen molar-refractivity contribution < 1.29 is 0 Å². The molecule has 6 nitrogen and oxygen atoms in total. The average molecular weight is 339 g/mol. The number of nitrogens with zero attached hydrogens (tertiary/aromatic N) is 4. The molecular weight excluding hydrogens is 322 g/mol. The highest BCUT2D eigenvalue weighted by Gasteiger charge is 2.13. The highest BCUT2D eigenvalue weighted by molar-refractivity contribution is 7.98. The van der Waals surface area contributed by atoms with E-state index in [2.05, 4.69) is 20.1 Å². The molecule has 1 aromatic carbocycles. The molecule has 24 heavy (non-hydrogen) atoms. The molecule has 0 saturated heterocycles. The normalized spacial score (nSPS) is 11.3. The van der Waals surface area contributed by atoms with E-state index in [4.69, 9.17) is 0 Å². The van der Waals surface area contributed by atoms with Gasteiger partial charge in [-0.3, -0.25) is 14.9 Å². The molecule has 0 atom stereocenters. The molecule has 3 aromatic rings. The van der Waals surface area contributed by atoms with Gasteiger partial charge in [0.05, 0.1) is 11.3 Å². The number of benzene rings is 1. The van der Waals surface area contributed by atoms with Crippen LogP contribution in [-0.2, 0) is 0 Å². The molecule has 0 spiro atoms. The number of nitrogens with one attached hydrogen (secondary N) is 1. The van der Waals surface area contributed by atoms with Gasteiger partial charge in [0.2, 0.25) is 0 Å². The van der Waals surface area contributed by atoms with E-state index in [1.807, 2.05) is 50.4 Å². The van der Waals surface area contributed by atoms with Gasteiger partial charge in [0.15, 0.2) is 11.0 Å². The molecule has 122 valence electrons. The quantitative estimate of drug-likeness (QED) is 0.450. The number of hydrogen-bond donors (Lipinski definition) is 1. The van der Waals surface area contributed by atoms with Crippen LogP contribution in [0.5, 0.6) is 0 Å². The smallest absolute Gasteiger partial charge is 0.281 e. The van der Waals surface area contributed by atoms with Gasteiger partial charge in [-0.1, -0.05) is 30.0 Å². The third-order valence-corrected chi connectivity index (χ3v) is 4.00. The molecule has 3 rings (SSSR count). The first kappa shape index (κ1) is 16.2. The standard InChI is InChI=1S/C17H17N5OS/c1-11-9-15(20-17(19-11)24-3)22-16(23)14(12(2)21-22)10-18-13-7-5-4-6-8-13/h4-10,21H,1-3H3. The van der Waals surface area contributed by atoms with Crippen LogP contribution < -0.4 is 5.56 Å². The van der Waals surface area contributed by atoms with Crippen LogP contribution in [0.25, 0.3) is 5.82 Å². The fraction of sp³-hybridized carbons (Fsp3) is 0.176. The number of para-hydroxylation sites is 1. The van der Waals surface area contributed by atoms with Crippen molar-refractivity contribution in [2.45, 2.75) is 19.0 Å². The third kappa shape index (κ3) is 3.30. The lowest BCUT2D eigenvalue weighted by Gasteiger charge is -2.04.